The standard InChI is InChI=1S/C21H24N6O4S/c1-2-8-32-21-23-18(22-13-9-12(13)11-6-4-3-5-7-11)16-19(24-21)27(26-25-16)15-10-14(28)17(31-15)20(29)30/h3-7,12-15,17,28H,2,8-10H2,1H3,(H,29,30)(H,22,23,24)/t12?,13?,14-,15+,17-/m0/s1. The summed E-state index contributed by atoms with van der Waals surface area (Å²) in [6, 6.07) is 10.6. The van der Waals surface area contributed by atoms with Crippen LogP contribution in [0.2, 0.25) is 0 Å². The molecule has 1 aromatic carbocycles. The number of aliphatic hydroxyl groups excluding tert-OH is 1. The molecule has 1 aliphatic heterocycles. The van der Waals surface area contributed by atoms with E-state index in [9.17, 15) is 15.0 Å². The number of aromatic nitrogens is 5. The Bertz CT molecular complexity index is 1130. The van der Waals surface area contributed by atoms with E-state index in [1.165, 1.54) is 22.0 Å². The Morgan fingerprint density at radius 3 is 2.81 bits per heavy atom. The summed E-state index contributed by atoms with van der Waals surface area (Å²) in [5.74, 6) is 0.674. The minimum Gasteiger partial charge on any atom is -0.479 e. The van der Waals surface area contributed by atoms with Gasteiger partial charge in [-0.05, 0) is 18.4 Å². The van der Waals surface area contributed by atoms with E-state index in [-0.39, 0.29) is 12.5 Å². The van der Waals surface area contributed by atoms with Crippen molar-refractivity contribution in [3.05, 3.63) is 35.9 Å². The van der Waals surface area contributed by atoms with Crippen LogP contribution < -0.4 is 5.32 Å². The number of hydrogen-bond acceptors (Lipinski definition) is 9. The number of nitrogens with zero attached hydrogens (tertiary/aromatic N) is 5. The predicted molar refractivity (Wildman–Crippen MR) is 118 cm³/mol. The Morgan fingerprint density at radius 1 is 1.28 bits per heavy atom. The lowest BCUT2D eigenvalue weighted by Gasteiger charge is -2.12. The van der Waals surface area contributed by atoms with Crippen molar-refractivity contribution in [1.82, 2.24) is 25.0 Å². The third-order valence-corrected chi connectivity index (χ3v) is 6.74. The number of fused-ring (bicyclic) bond motifs is 1. The molecule has 2 unspecified atom stereocenters. The van der Waals surface area contributed by atoms with Crippen molar-refractivity contribution in [3.8, 4) is 0 Å². The van der Waals surface area contributed by atoms with E-state index in [1.54, 1.807) is 0 Å². The summed E-state index contributed by atoms with van der Waals surface area (Å²) in [5.41, 5.74) is 2.25. The zero-order chi connectivity index (χ0) is 22.2. The zero-order valence-corrected chi connectivity index (χ0v) is 18.3. The van der Waals surface area contributed by atoms with Gasteiger partial charge in [0.15, 0.2) is 34.5 Å². The third-order valence-electron chi connectivity index (χ3n) is 5.69. The van der Waals surface area contributed by atoms with E-state index in [0.29, 0.717) is 28.1 Å². The monoisotopic (exact) mass is 456 g/mol. The van der Waals surface area contributed by atoms with Crippen LogP contribution in [0.15, 0.2) is 35.5 Å². The Labute approximate surface area is 188 Å². The van der Waals surface area contributed by atoms with Gasteiger partial charge < -0.3 is 20.3 Å². The highest BCUT2D eigenvalue weighted by Crippen LogP contribution is 2.43. The molecule has 2 aliphatic rings. The molecule has 1 saturated heterocycles. The van der Waals surface area contributed by atoms with Gasteiger partial charge in [-0.15, -0.1) is 5.10 Å². The number of ether oxygens (including phenoxy) is 1. The van der Waals surface area contributed by atoms with Crippen LogP contribution in [-0.4, -0.2) is 65.1 Å². The summed E-state index contributed by atoms with van der Waals surface area (Å²) in [4.78, 5) is 20.6. The van der Waals surface area contributed by atoms with E-state index >= 15 is 0 Å². The molecule has 1 aliphatic carbocycles. The van der Waals surface area contributed by atoms with Crippen molar-refractivity contribution in [3.63, 3.8) is 0 Å². The molecular formula is C21H24N6O4S. The number of benzene rings is 1. The Morgan fingerprint density at radius 2 is 2.09 bits per heavy atom. The summed E-state index contributed by atoms with van der Waals surface area (Å²) in [5, 5.41) is 31.9. The zero-order valence-electron chi connectivity index (χ0n) is 17.5. The number of aliphatic carboxylic acids is 1. The average Bonchev–Trinajstić information content (AvgIpc) is 3.24. The number of carboxylic acids is 1. The molecule has 5 rings (SSSR count). The summed E-state index contributed by atoms with van der Waals surface area (Å²) < 4.78 is 6.99. The van der Waals surface area contributed by atoms with E-state index in [0.717, 1.165) is 18.6 Å². The molecule has 0 radical (unpaired) electrons. The van der Waals surface area contributed by atoms with Crippen LogP contribution in [0.4, 0.5) is 5.82 Å². The average molecular weight is 457 g/mol. The molecule has 2 aromatic heterocycles. The van der Waals surface area contributed by atoms with Crippen LogP contribution in [0.3, 0.4) is 0 Å². The van der Waals surface area contributed by atoms with Gasteiger partial charge in [-0.3, -0.25) is 0 Å². The first-order chi connectivity index (χ1) is 15.5. The second kappa shape index (κ2) is 8.64. The molecule has 0 spiro atoms. The lowest BCUT2D eigenvalue weighted by atomic mass is 10.1. The van der Waals surface area contributed by atoms with Gasteiger partial charge >= 0.3 is 5.97 Å². The quantitative estimate of drug-likeness (QED) is 0.342. The predicted octanol–water partition coefficient (Wildman–Crippen LogP) is 2.42. The van der Waals surface area contributed by atoms with Crippen molar-refractivity contribution in [2.45, 2.75) is 61.7 Å². The second-order valence-corrected chi connectivity index (χ2v) is 9.13. The Balaban J connectivity index is 1.45. The molecule has 3 aromatic rings. The molecule has 1 saturated carbocycles. The molecule has 0 amide bonds. The number of carboxylic acid groups (broad SMARTS) is 1. The van der Waals surface area contributed by atoms with Crippen LogP contribution >= 0.6 is 11.8 Å². The van der Waals surface area contributed by atoms with Gasteiger partial charge in [-0.1, -0.05) is 54.2 Å². The fourth-order valence-electron chi connectivity index (χ4n) is 3.99. The molecule has 5 atom stereocenters. The van der Waals surface area contributed by atoms with Crippen LogP contribution in [0, 0.1) is 0 Å². The van der Waals surface area contributed by atoms with Crippen LogP contribution in [0.25, 0.3) is 11.2 Å². The minimum atomic E-state index is -1.30. The van der Waals surface area contributed by atoms with Crippen molar-refractivity contribution in [1.29, 1.82) is 0 Å². The molecule has 168 valence electrons. The first kappa shape index (κ1) is 21.1. The fraction of sp³-hybridized carbons (Fsp3) is 0.476. The number of rotatable bonds is 8. The number of carbonyl (C=O) groups is 1. The van der Waals surface area contributed by atoms with E-state index in [2.05, 4.69) is 44.7 Å². The number of hydrogen-bond donors (Lipinski definition) is 3. The van der Waals surface area contributed by atoms with Crippen LogP contribution in [0.5, 0.6) is 0 Å². The van der Waals surface area contributed by atoms with Gasteiger partial charge in [0.1, 0.15) is 0 Å². The summed E-state index contributed by atoms with van der Waals surface area (Å²) >= 11 is 1.54. The third kappa shape index (κ3) is 4.03. The number of aliphatic hydroxyl groups is 1. The Hall–Kier alpha value is -2.76. The fourth-order valence-corrected chi connectivity index (χ4v) is 4.68. The van der Waals surface area contributed by atoms with Gasteiger partial charge in [0.2, 0.25) is 0 Å². The van der Waals surface area contributed by atoms with E-state index < -0.39 is 24.4 Å². The summed E-state index contributed by atoms with van der Waals surface area (Å²) in [7, 11) is 0. The largest absolute Gasteiger partial charge is 0.479 e. The maximum atomic E-state index is 11.3. The summed E-state index contributed by atoms with van der Waals surface area (Å²) in [6.07, 6.45) is -1.12. The smallest absolute Gasteiger partial charge is 0.335 e. The van der Waals surface area contributed by atoms with Crippen molar-refractivity contribution >= 4 is 34.7 Å². The van der Waals surface area contributed by atoms with Gasteiger partial charge in [0.25, 0.3) is 0 Å². The second-order valence-electron chi connectivity index (χ2n) is 8.07. The number of anilines is 1. The van der Waals surface area contributed by atoms with Gasteiger partial charge in [0, 0.05) is 24.1 Å². The maximum absolute atomic E-state index is 11.3. The summed E-state index contributed by atoms with van der Waals surface area (Å²) in [6.45, 7) is 2.09. The Kier molecular flexibility index (Phi) is 5.70. The molecule has 3 N–H and O–H groups in total. The molecular weight excluding hydrogens is 432 g/mol. The van der Waals surface area contributed by atoms with Crippen LogP contribution in [-0.2, 0) is 9.53 Å². The van der Waals surface area contributed by atoms with Crippen molar-refractivity contribution in [2.24, 2.45) is 0 Å². The number of thioether (sulfide) groups is 1. The van der Waals surface area contributed by atoms with Crippen molar-refractivity contribution < 1.29 is 19.7 Å². The van der Waals surface area contributed by atoms with E-state index in [4.69, 9.17) is 4.74 Å². The number of nitrogens with one attached hydrogen (secondary N) is 1. The molecule has 32 heavy (non-hydrogen) atoms. The highest BCUT2D eigenvalue weighted by atomic mass is 32.2. The van der Waals surface area contributed by atoms with Gasteiger partial charge in [-0.2, -0.15) is 4.68 Å². The van der Waals surface area contributed by atoms with Gasteiger partial charge in [0.05, 0.1) is 6.10 Å². The topological polar surface area (TPSA) is 135 Å². The highest BCUT2D eigenvalue weighted by molar-refractivity contribution is 7.99. The SMILES string of the molecule is CCCSc1nc(NC2CC2c2ccccc2)c2nnn([C@H]3C[C@H](O)[C@@H](C(=O)O)O3)c2n1. The highest BCUT2D eigenvalue weighted by Gasteiger charge is 2.42. The van der Waals surface area contributed by atoms with E-state index in [1.807, 2.05) is 18.2 Å². The molecule has 3 heterocycles. The molecule has 2 fully saturated rings. The van der Waals surface area contributed by atoms with Crippen LogP contribution in [0.1, 0.15) is 43.9 Å². The molecule has 0 bridgehead atoms. The first-order valence-corrected chi connectivity index (χ1v) is 11.7. The normalized spacial score (nSPS) is 27.0. The minimum absolute atomic E-state index is 0.0956. The molecule has 11 heteroatoms. The maximum Gasteiger partial charge on any atom is 0.335 e. The molecule has 10 nitrogen and oxygen atoms in total. The van der Waals surface area contributed by atoms with Crippen molar-refractivity contribution in [2.75, 3.05) is 11.1 Å². The first-order valence-electron chi connectivity index (χ1n) is 10.7. The lowest BCUT2D eigenvalue weighted by Crippen LogP contribution is -2.29. The lowest BCUT2D eigenvalue weighted by molar-refractivity contribution is -0.155. The van der Waals surface area contributed by atoms with Gasteiger partial charge in [-0.25, -0.2) is 14.8 Å².